The van der Waals surface area contributed by atoms with Crippen molar-refractivity contribution < 1.29 is 24.1 Å². The molecule has 2 aliphatic rings. The van der Waals surface area contributed by atoms with E-state index in [2.05, 4.69) is 31.9 Å². The normalized spacial score (nSPS) is 18.8. The average Bonchev–Trinajstić information content (AvgIpc) is 3.44. The van der Waals surface area contributed by atoms with E-state index in [0.717, 1.165) is 24.4 Å². The van der Waals surface area contributed by atoms with Crippen LogP contribution in [0.3, 0.4) is 0 Å². The number of hydrazone groups is 1. The Morgan fingerprint density at radius 3 is 2.64 bits per heavy atom. The third kappa shape index (κ3) is 3.79. The Hall–Kier alpha value is -2.56. The van der Waals surface area contributed by atoms with Gasteiger partial charge in [-0.15, -0.1) is 11.3 Å². The molecular formula is C23H18Br2N2O5S. The Labute approximate surface area is 210 Å². The quantitative estimate of drug-likeness (QED) is 0.378. The molecule has 0 radical (unpaired) electrons. The van der Waals surface area contributed by atoms with Gasteiger partial charge < -0.3 is 19.3 Å². The van der Waals surface area contributed by atoms with E-state index in [1.807, 2.05) is 35.3 Å². The maximum atomic E-state index is 12.3. The first-order valence-corrected chi connectivity index (χ1v) is 12.4. The number of carboxylic acid groups (broad SMARTS) is 1. The molecular weight excluding hydrogens is 576 g/mol. The van der Waals surface area contributed by atoms with Crippen molar-refractivity contribution in [2.75, 3.05) is 14.2 Å². The standard InChI is InChI=1S/C23H18Br2N2O5S/c1-30-17-6-4-12(20(23(28)29)21(17)31-2)22-27-15(13-9-11(24)3-5-16(13)32-22)10-14(26-27)18-7-8-19(25)33-18/h3-9,15,22H,10H2,1-2H3,(H,28,29)/t15-,22+/m0/s1. The lowest BCUT2D eigenvalue weighted by Gasteiger charge is -2.38. The van der Waals surface area contributed by atoms with E-state index < -0.39 is 12.2 Å². The minimum atomic E-state index is -1.13. The Bertz CT molecular complexity index is 1290. The summed E-state index contributed by atoms with van der Waals surface area (Å²) in [4.78, 5) is 13.4. The van der Waals surface area contributed by atoms with Crippen LogP contribution in [-0.4, -0.2) is 36.0 Å². The molecule has 170 valence electrons. The largest absolute Gasteiger partial charge is 0.493 e. The van der Waals surface area contributed by atoms with Gasteiger partial charge in [0.15, 0.2) is 11.5 Å². The maximum Gasteiger partial charge on any atom is 0.340 e. The summed E-state index contributed by atoms with van der Waals surface area (Å²) in [5.74, 6) is 0.0479. The molecule has 1 N–H and O–H groups in total. The summed E-state index contributed by atoms with van der Waals surface area (Å²) in [6.07, 6.45) is -0.0816. The van der Waals surface area contributed by atoms with Crippen LogP contribution in [0.1, 0.15) is 45.1 Å². The molecule has 1 aromatic heterocycles. The van der Waals surface area contributed by atoms with E-state index in [1.54, 1.807) is 23.5 Å². The number of hydrogen-bond acceptors (Lipinski definition) is 7. The fourth-order valence-electron chi connectivity index (χ4n) is 4.25. The van der Waals surface area contributed by atoms with Crippen molar-refractivity contribution in [2.45, 2.75) is 18.7 Å². The average molecular weight is 594 g/mol. The lowest BCUT2D eigenvalue weighted by molar-refractivity contribution is -0.0199. The van der Waals surface area contributed by atoms with Gasteiger partial charge in [-0.25, -0.2) is 9.80 Å². The van der Waals surface area contributed by atoms with Crippen LogP contribution in [-0.2, 0) is 0 Å². The van der Waals surface area contributed by atoms with Crippen molar-refractivity contribution >= 4 is 54.9 Å². The molecule has 0 amide bonds. The fourth-order valence-corrected chi connectivity index (χ4v) is 6.01. The molecule has 0 spiro atoms. The van der Waals surface area contributed by atoms with Crippen LogP contribution in [0.15, 0.2) is 55.8 Å². The number of nitrogens with zero attached hydrogens (tertiary/aromatic N) is 2. The minimum Gasteiger partial charge on any atom is -0.493 e. The summed E-state index contributed by atoms with van der Waals surface area (Å²) in [6, 6.07) is 13.1. The van der Waals surface area contributed by atoms with Crippen LogP contribution in [0.4, 0.5) is 0 Å². The molecule has 2 atom stereocenters. The summed E-state index contributed by atoms with van der Waals surface area (Å²) in [5, 5.41) is 16.8. The summed E-state index contributed by atoms with van der Waals surface area (Å²) in [7, 11) is 2.90. The minimum absolute atomic E-state index is 0.0105. The number of methoxy groups -OCH3 is 2. The highest BCUT2D eigenvalue weighted by Gasteiger charge is 2.43. The van der Waals surface area contributed by atoms with Crippen molar-refractivity contribution in [3.63, 3.8) is 0 Å². The van der Waals surface area contributed by atoms with Crippen molar-refractivity contribution in [3.8, 4) is 17.2 Å². The van der Waals surface area contributed by atoms with Crippen molar-refractivity contribution in [3.05, 3.63) is 72.3 Å². The molecule has 2 aliphatic heterocycles. The third-order valence-corrected chi connectivity index (χ3v) is 7.83. The second kappa shape index (κ2) is 8.66. The molecule has 0 aliphatic carbocycles. The van der Waals surface area contributed by atoms with Gasteiger partial charge in [-0.05, 0) is 58.4 Å². The van der Waals surface area contributed by atoms with Crippen molar-refractivity contribution in [1.29, 1.82) is 0 Å². The Balaban J connectivity index is 1.68. The number of ether oxygens (including phenoxy) is 3. The number of benzene rings is 2. The first kappa shape index (κ1) is 22.2. The van der Waals surface area contributed by atoms with E-state index in [0.29, 0.717) is 23.5 Å². The van der Waals surface area contributed by atoms with E-state index in [-0.39, 0.29) is 17.4 Å². The summed E-state index contributed by atoms with van der Waals surface area (Å²) in [6.45, 7) is 0. The van der Waals surface area contributed by atoms with Crippen LogP contribution in [0, 0.1) is 0 Å². The van der Waals surface area contributed by atoms with E-state index in [4.69, 9.17) is 19.3 Å². The van der Waals surface area contributed by atoms with Crippen LogP contribution >= 0.6 is 43.2 Å². The zero-order valence-corrected chi connectivity index (χ0v) is 21.5. The number of thiophene rings is 1. The van der Waals surface area contributed by atoms with Gasteiger partial charge >= 0.3 is 5.97 Å². The Morgan fingerprint density at radius 2 is 1.97 bits per heavy atom. The van der Waals surface area contributed by atoms with Gasteiger partial charge in [-0.1, -0.05) is 15.9 Å². The number of fused-ring (bicyclic) bond motifs is 3. The van der Waals surface area contributed by atoms with Gasteiger partial charge in [0.05, 0.1) is 34.6 Å². The monoisotopic (exact) mass is 592 g/mol. The number of halogens is 2. The first-order valence-electron chi connectivity index (χ1n) is 9.97. The van der Waals surface area contributed by atoms with Gasteiger partial charge in [-0.2, -0.15) is 5.10 Å². The molecule has 0 saturated carbocycles. The molecule has 7 nitrogen and oxygen atoms in total. The highest BCUT2D eigenvalue weighted by molar-refractivity contribution is 9.11. The predicted molar refractivity (Wildman–Crippen MR) is 132 cm³/mol. The number of aromatic carboxylic acids is 1. The zero-order chi connectivity index (χ0) is 23.3. The predicted octanol–water partition coefficient (Wildman–Crippen LogP) is 6.23. The topological polar surface area (TPSA) is 80.6 Å². The van der Waals surface area contributed by atoms with Gasteiger partial charge in [0.2, 0.25) is 6.23 Å². The van der Waals surface area contributed by atoms with Crippen LogP contribution in [0.25, 0.3) is 0 Å². The van der Waals surface area contributed by atoms with E-state index in [1.165, 1.54) is 14.2 Å². The molecule has 0 bridgehead atoms. The SMILES string of the molecule is COc1ccc([C@H]2Oc3ccc(Br)cc3[C@@H]3CC(c4ccc(Br)s4)=NN23)c(C(=O)O)c1OC. The number of rotatable bonds is 5. The van der Waals surface area contributed by atoms with Crippen molar-refractivity contribution in [1.82, 2.24) is 5.01 Å². The van der Waals surface area contributed by atoms with Crippen molar-refractivity contribution in [2.24, 2.45) is 5.10 Å². The van der Waals surface area contributed by atoms with E-state index >= 15 is 0 Å². The summed E-state index contributed by atoms with van der Waals surface area (Å²) < 4.78 is 19.1. The molecule has 0 fully saturated rings. The van der Waals surface area contributed by atoms with Crippen LogP contribution in [0.5, 0.6) is 17.2 Å². The number of carbonyl (C=O) groups is 1. The van der Waals surface area contributed by atoms with Gasteiger partial charge in [-0.3, -0.25) is 0 Å². The lowest BCUT2D eigenvalue weighted by Crippen LogP contribution is -2.34. The molecule has 33 heavy (non-hydrogen) atoms. The van der Waals surface area contributed by atoms with Gasteiger partial charge in [0, 0.05) is 22.0 Å². The molecule has 5 rings (SSSR count). The molecule has 0 unspecified atom stereocenters. The number of hydrogen-bond donors (Lipinski definition) is 1. The molecule has 0 saturated heterocycles. The fraction of sp³-hybridized carbons (Fsp3) is 0.217. The molecule has 3 aromatic rings. The van der Waals surface area contributed by atoms with Gasteiger partial charge in [0.25, 0.3) is 0 Å². The second-order valence-electron chi connectivity index (χ2n) is 7.47. The summed E-state index contributed by atoms with van der Waals surface area (Å²) >= 11 is 8.68. The van der Waals surface area contributed by atoms with E-state index in [9.17, 15) is 9.90 Å². The molecule has 10 heteroatoms. The second-order valence-corrected chi connectivity index (χ2v) is 10.9. The van der Waals surface area contributed by atoms with Gasteiger partial charge in [0.1, 0.15) is 11.3 Å². The highest BCUT2D eigenvalue weighted by Crippen LogP contribution is 2.50. The smallest absolute Gasteiger partial charge is 0.340 e. The van der Waals surface area contributed by atoms with Crippen LogP contribution < -0.4 is 14.2 Å². The number of carboxylic acids is 1. The molecule has 2 aromatic carbocycles. The Morgan fingerprint density at radius 1 is 1.15 bits per heavy atom. The molecule has 3 heterocycles. The maximum absolute atomic E-state index is 12.3. The third-order valence-electron chi connectivity index (χ3n) is 5.67. The lowest BCUT2D eigenvalue weighted by atomic mass is 9.96. The zero-order valence-electron chi connectivity index (χ0n) is 17.5. The first-order chi connectivity index (χ1) is 15.9. The highest BCUT2D eigenvalue weighted by atomic mass is 79.9. The summed E-state index contributed by atoms with van der Waals surface area (Å²) in [5.41, 5.74) is 2.35. The van der Waals surface area contributed by atoms with Crippen LogP contribution in [0.2, 0.25) is 0 Å². The Kier molecular flexibility index (Phi) is 5.84.